The van der Waals surface area contributed by atoms with Crippen LogP contribution >= 0.6 is 22.6 Å². The Morgan fingerprint density at radius 1 is 1.67 bits per heavy atom. The molecule has 0 spiro atoms. The molecule has 2 N–H and O–H groups in total. The van der Waals surface area contributed by atoms with Gasteiger partial charge in [0.15, 0.2) is 0 Å². The van der Waals surface area contributed by atoms with Crippen molar-refractivity contribution in [2.75, 3.05) is 18.8 Å². The summed E-state index contributed by atoms with van der Waals surface area (Å²) in [4.78, 5) is 2.22. The zero-order chi connectivity index (χ0) is 9.35. The fraction of sp³-hybridized carbons (Fsp3) is 1.00. The Balaban J connectivity index is 2.27. The Labute approximate surface area is 86.7 Å². The molecule has 1 unspecified atom stereocenters. The van der Waals surface area contributed by atoms with Crippen molar-refractivity contribution in [3.8, 4) is 0 Å². The number of primary sulfonamides is 1. The molecule has 1 heterocycles. The van der Waals surface area contributed by atoms with Crippen molar-refractivity contribution >= 4 is 32.6 Å². The first-order chi connectivity index (χ1) is 5.38. The van der Waals surface area contributed by atoms with Crippen LogP contribution < -0.4 is 5.14 Å². The summed E-state index contributed by atoms with van der Waals surface area (Å²) in [5.41, 5.74) is 0. The van der Waals surface area contributed by atoms with Crippen LogP contribution in [0.25, 0.3) is 0 Å². The van der Waals surface area contributed by atoms with Crippen LogP contribution in [0, 0.1) is 5.92 Å². The maximum absolute atomic E-state index is 10.7. The molecule has 0 bridgehead atoms. The minimum atomic E-state index is -3.26. The van der Waals surface area contributed by atoms with E-state index in [4.69, 9.17) is 5.14 Å². The molecule has 1 atom stereocenters. The summed E-state index contributed by atoms with van der Waals surface area (Å²) in [6, 6.07) is 0. The molecule has 0 aromatic carbocycles. The Hall–Kier alpha value is 0.600. The van der Waals surface area contributed by atoms with Gasteiger partial charge in [0.05, 0.1) is 9.80 Å². The molecule has 72 valence electrons. The van der Waals surface area contributed by atoms with E-state index in [0.29, 0.717) is 4.05 Å². The number of alkyl halides is 1. The van der Waals surface area contributed by atoms with Gasteiger partial charge in [0.25, 0.3) is 0 Å². The van der Waals surface area contributed by atoms with Crippen LogP contribution in [-0.4, -0.2) is 36.2 Å². The van der Waals surface area contributed by atoms with E-state index in [1.165, 1.54) is 0 Å². The average molecular weight is 304 g/mol. The molecule has 1 fully saturated rings. The number of nitrogens with two attached hydrogens (primary N) is 1. The van der Waals surface area contributed by atoms with E-state index >= 15 is 0 Å². The van der Waals surface area contributed by atoms with E-state index in [9.17, 15) is 8.42 Å². The molecule has 0 saturated carbocycles. The lowest BCUT2D eigenvalue weighted by atomic mass is 10.0. The number of rotatable bonds is 3. The highest BCUT2D eigenvalue weighted by Crippen LogP contribution is 2.22. The average Bonchev–Trinajstić information content (AvgIpc) is 1.74. The Bertz CT molecular complexity index is 246. The molecule has 0 aromatic heterocycles. The van der Waals surface area contributed by atoms with Gasteiger partial charge in [0, 0.05) is 13.1 Å². The third kappa shape index (κ3) is 3.15. The standard InChI is InChI=1S/C6H13IN2O2S/c1-5(7)9-2-6(3-9)4-12(8,10)11/h5-6H,2-4H2,1H3,(H2,8,10,11). The normalized spacial score (nSPS) is 23.6. The lowest BCUT2D eigenvalue weighted by Gasteiger charge is -2.40. The van der Waals surface area contributed by atoms with Crippen molar-refractivity contribution in [2.24, 2.45) is 11.1 Å². The van der Waals surface area contributed by atoms with E-state index in [-0.39, 0.29) is 11.7 Å². The van der Waals surface area contributed by atoms with Crippen molar-refractivity contribution in [3.05, 3.63) is 0 Å². The summed E-state index contributed by atoms with van der Waals surface area (Å²) in [6.45, 7) is 3.81. The van der Waals surface area contributed by atoms with Crippen LogP contribution in [0.5, 0.6) is 0 Å². The number of hydrogen-bond acceptors (Lipinski definition) is 3. The number of nitrogens with zero attached hydrogens (tertiary/aromatic N) is 1. The Kier molecular flexibility index (Phi) is 3.35. The summed E-state index contributed by atoms with van der Waals surface area (Å²) >= 11 is 2.31. The molecule has 1 aliphatic rings. The van der Waals surface area contributed by atoms with Crippen molar-refractivity contribution < 1.29 is 8.42 Å². The van der Waals surface area contributed by atoms with Gasteiger partial charge in [0.2, 0.25) is 10.0 Å². The van der Waals surface area contributed by atoms with Crippen molar-refractivity contribution in [3.63, 3.8) is 0 Å². The largest absolute Gasteiger partial charge is 0.291 e. The zero-order valence-electron chi connectivity index (χ0n) is 6.90. The van der Waals surface area contributed by atoms with Crippen LogP contribution in [0.1, 0.15) is 6.92 Å². The molecule has 0 radical (unpaired) electrons. The smallest absolute Gasteiger partial charge is 0.209 e. The Morgan fingerprint density at radius 2 is 2.17 bits per heavy atom. The molecule has 1 rings (SSSR count). The summed E-state index contributed by atoms with van der Waals surface area (Å²) in [6.07, 6.45) is 0. The van der Waals surface area contributed by atoms with E-state index in [1.54, 1.807) is 0 Å². The predicted octanol–water partition coefficient (Wildman–Crippen LogP) is -0.0123. The molecule has 6 heteroatoms. The van der Waals surface area contributed by atoms with Gasteiger partial charge in [-0.25, -0.2) is 13.6 Å². The molecule has 0 amide bonds. The second-order valence-electron chi connectivity index (χ2n) is 3.22. The van der Waals surface area contributed by atoms with Crippen LogP contribution in [0.2, 0.25) is 0 Å². The van der Waals surface area contributed by atoms with Crippen LogP contribution in [0.15, 0.2) is 0 Å². The molecule has 0 aromatic rings. The molecular weight excluding hydrogens is 291 g/mol. The number of likely N-dealkylation sites (tertiary alicyclic amines) is 1. The van der Waals surface area contributed by atoms with Crippen molar-refractivity contribution in [1.82, 2.24) is 4.90 Å². The number of sulfonamides is 1. The molecule has 12 heavy (non-hydrogen) atoms. The molecule has 1 aliphatic heterocycles. The number of halogens is 1. The molecule has 1 saturated heterocycles. The summed E-state index contributed by atoms with van der Waals surface area (Å²) < 4.78 is 21.8. The highest BCUT2D eigenvalue weighted by molar-refractivity contribution is 14.1. The van der Waals surface area contributed by atoms with Gasteiger partial charge < -0.3 is 0 Å². The minimum Gasteiger partial charge on any atom is -0.291 e. The van der Waals surface area contributed by atoms with Gasteiger partial charge in [-0.15, -0.1) is 0 Å². The minimum absolute atomic E-state index is 0.132. The third-order valence-electron chi connectivity index (χ3n) is 1.96. The zero-order valence-corrected chi connectivity index (χ0v) is 9.88. The molecule has 0 aliphatic carbocycles. The summed E-state index contributed by atoms with van der Waals surface area (Å²) in [7, 11) is -3.26. The number of hydrogen-bond donors (Lipinski definition) is 1. The van der Waals surface area contributed by atoms with Gasteiger partial charge >= 0.3 is 0 Å². The topological polar surface area (TPSA) is 63.4 Å². The third-order valence-corrected chi connectivity index (χ3v) is 3.68. The second kappa shape index (κ2) is 3.77. The van der Waals surface area contributed by atoms with Crippen LogP contribution in [0.4, 0.5) is 0 Å². The maximum atomic E-state index is 10.7. The fourth-order valence-corrected chi connectivity index (χ4v) is 2.66. The second-order valence-corrected chi connectivity index (χ2v) is 6.69. The Morgan fingerprint density at radius 3 is 2.50 bits per heavy atom. The van der Waals surface area contributed by atoms with E-state index in [2.05, 4.69) is 34.4 Å². The van der Waals surface area contributed by atoms with Gasteiger partial charge in [-0.3, -0.25) is 4.90 Å². The maximum Gasteiger partial charge on any atom is 0.209 e. The highest BCUT2D eigenvalue weighted by atomic mass is 127. The first-order valence-corrected chi connectivity index (χ1v) is 6.73. The fourth-order valence-electron chi connectivity index (χ4n) is 1.33. The van der Waals surface area contributed by atoms with Gasteiger partial charge in [0.1, 0.15) is 0 Å². The molecular formula is C6H13IN2O2S. The highest BCUT2D eigenvalue weighted by Gasteiger charge is 2.31. The predicted molar refractivity (Wildman–Crippen MR) is 56.5 cm³/mol. The monoisotopic (exact) mass is 304 g/mol. The van der Waals surface area contributed by atoms with Crippen LogP contribution in [0.3, 0.4) is 0 Å². The molecule has 4 nitrogen and oxygen atoms in total. The van der Waals surface area contributed by atoms with E-state index in [1.807, 2.05) is 0 Å². The lowest BCUT2D eigenvalue weighted by Crippen LogP contribution is -2.52. The summed E-state index contributed by atoms with van der Waals surface area (Å²) in [5.74, 6) is 0.379. The van der Waals surface area contributed by atoms with Gasteiger partial charge in [-0.05, 0) is 12.8 Å². The van der Waals surface area contributed by atoms with Gasteiger partial charge in [-0.1, -0.05) is 22.6 Å². The van der Waals surface area contributed by atoms with Crippen molar-refractivity contribution in [1.29, 1.82) is 0 Å². The van der Waals surface area contributed by atoms with Gasteiger partial charge in [-0.2, -0.15) is 0 Å². The van der Waals surface area contributed by atoms with E-state index < -0.39 is 10.0 Å². The van der Waals surface area contributed by atoms with Crippen LogP contribution in [-0.2, 0) is 10.0 Å². The van der Waals surface area contributed by atoms with Crippen molar-refractivity contribution in [2.45, 2.75) is 11.0 Å². The first-order valence-electron chi connectivity index (χ1n) is 3.77. The SMILES string of the molecule is CC(I)N1CC(CS(N)(=O)=O)C1. The van der Waals surface area contributed by atoms with E-state index in [0.717, 1.165) is 13.1 Å². The first kappa shape index (κ1) is 10.7. The summed E-state index contributed by atoms with van der Waals surface area (Å²) in [5, 5.41) is 4.92. The quantitative estimate of drug-likeness (QED) is 0.453. The lowest BCUT2D eigenvalue weighted by molar-refractivity contribution is 0.115.